The van der Waals surface area contributed by atoms with E-state index in [1.807, 2.05) is 49.1 Å². The fourth-order valence-corrected chi connectivity index (χ4v) is 2.37. The molecule has 0 aliphatic carbocycles. The second-order valence-electron chi connectivity index (χ2n) is 5.65. The van der Waals surface area contributed by atoms with Crippen molar-refractivity contribution >= 4 is 17.8 Å². The van der Waals surface area contributed by atoms with Crippen molar-refractivity contribution in [2.24, 2.45) is 5.10 Å². The minimum Gasteiger partial charge on any atom is -0.378 e. The van der Waals surface area contributed by atoms with Gasteiger partial charge in [0.1, 0.15) is 0 Å². The predicted molar refractivity (Wildman–Crippen MR) is 99.4 cm³/mol. The Labute approximate surface area is 146 Å². The van der Waals surface area contributed by atoms with Crippen LogP contribution in [-0.2, 0) is 0 Å². The van der Waals surface area contributed by atoms with Gasteiger partial charge in [-0.1, -0.05) is 0 Å². The van der Waals surface area contributed by atoms with E-state index in [-0.39, 0.29) is 5.91 Å². The molecule has 3 aromatic rings. The number of nitrogens with zero attached hydrogens (tertiary/aromatic N) is 4. The Balaban J connectivity index is 1.72. The van der Waals surface area contributed by atoms with Crippen molar-refractivity contribution in [1.29, 1.82) is 0 Å². The number of anilines is 1. The summed E-state index contributed by atoms with van der Waals surface area (Å²) in [4.78, 5) is 17.9. The van der Waals surface area contributed by atoms with Gasteiger partial charge >= 0.3 is 0 Å². The molecule has 0 spiro atoms. The lowest BCUT2D eigenvalue weighted by molar-refractivity contribution is 0.0955. The van der Waals surface area contributed by atoms with Crippen LogP contribution in [0, 0.1) is 0 Å². The quantitative estimate of drug-likeness (QED) is 0.577. The third-order valence-electron chi connectivity index (χ3n) is 3.73. The molecule has 0 fully saturated rings. The molecule has 1 N–H and O–H groups in total. The van der Waals surface area contributed by atoms with E-state index in [2.05, 4.69) is 32.5 Å². The number of benzene rings is 1. The maximum Gasteiger partial charge on any atom is 0.271 e. The number of aromatic nitrogens is 2. The molecule has 2 heterocycles. The van der Waals surface area contributed by atoms with Gasteiger partial charge < -0.3 is 9.47 Å². The summed E-state index contributed by atoms with van der Waals surface area (Å²) in [6, 6.07) is 15.3. The predicted octanol–water partition coefficient (Wildman–Crippen LogP) is 2.70. The third-order valence-corrected chi connectivity index (χ3v) is 3.73. The van der Waals surface area contributed by atoms with Crippen LogP contribution in [0.5, 0.6) is 0 Å². The largest absolute Gasteiger partial charge is 0.378 e. The average molecular weight is 333 g/mol. The normalized spacial score (nSPS) is 10.8. The summed E-state index contributed by atoms with van der Waals surface area (Å²) in [5.74, 6) is -0.271. The van der Waals surface area contributed by atoms with E-state index < -0.39 is 0 Å². The van der Waals surface area contributed by atoms with Gasteiger partial charge in [-0.15, -0.1) is 0 Å². The van der Waals surface area contributed by atoms with Crippen LogP contribution in [0.3, 0.4) is 0 Å². The lowest BCUT2D eigenvalue weighted by Gasteiger charge is -2.13. The zero-order valence-electron chi connectivity index (χ0n) is 14.1. The van der Waals surface area contributed by atoms with Crippen LogP contribution >= 0.6 is 0 Å². The van der Waals surface area contributed by atoms with Crippen molar-refractivity contribution in [3.63, 3.8) is 0 Å². The number of rotatable bonds is 5. The van der Waals surface area contributed by atoms with E-state index in [0.717, 1.165) is 17.1 Å². The van der Waals surface area contributed by atoms with Gasteiger partial charge in [0.05, 0.1) is 11.9 Å². The molecule has 0 aliphatic rings. The Morgan fingerprint density at radius 1 is 1.12 bits per heavy atom. The molecule has 1 aromatic carbocycles. The number of hydrazone groups is 1. The molecule has 6 heteroatoms. The average Bonchev–Trinajstić information content (AvgIpc) is 3.11. The summed E-state index contributed by atoms with van der Waals surface area (Å²) in [7, 11) is 4.02. The first-order valence-electron chi connectivity index (χ1n) is 7.84. The number of pyridine rings is 1. The fourth-order valence-electron chi connectivity index (χ4n) is 2.37. The maximum absolute atomic E-state index is 12.0. The van der Waals surface area contributed by atoms with Crippen molar-refractivity contribution in [2.45, 2.75) is 0 Å². The Hall–Kier alpha value is -3.41. The topological polar surface area (TPSA) is 62.5 Å². The summed E-state index contributed by atoms with van der Waals surface area (Å²) in [6.07, 6.45) is 6.72. The first-order chi connectivity index (χ1) is 12.1. The van der Waals surface area contributed by atoms with E-state index in [0.29, 0.717) is 5.56 Å². The van der Waals surface area contributed by atoms with Gasteiger partial charge in [-0.3, -0.25) is 9.78 Å². The molecule has 0 unspecified atom stereocenters. The van der Waals surface area contributed by atoms with Crippen molar-refractivity contribution in [1.82, 2.24) is 15.0 Å². The lowest BCUT2D eigenvalue weighted by atomic mass is 10.2. The molecule has 2 aromatic heterocycles. The van der Waals surface area contributed by atoms with Gasteiger partial charge in [0.2, 0.25) is 0 Å². The number of nitrogens with one attached hydrogen (secondary N) is 1. The van der Waals surface area contributed by atoms with Crippen LogP contribution in [0.2, 0.25) is 0 Å². The Bertz CT molecular complexity index is 866. The zero-order chi connectivity index (χ0) is 17.6. The monoisotopic (exact) mass is 333 g/mol. The Morgan fingerprint density at radius 3 is 2.52 bits per heavy atom. The molecule has 1 amide bonds. The van der Waals surface area contributed by atoms with Crippen LogP contribution in [0.1, 0.15) is 16.1 Å². The number of carbonyl (C=O) groups is 1. The van der Waals surface area contributed by atoms with Gasteiger partial charge in [0.25, 0.3) is 5.91 Å². The maximum atomic E-state index is 12.0. The molecular weight excluding hydrogens is 314 g/mol. The minimum atomic E-state index is -0.271. The first kappa shape index (κ1) is 16.4. The SMILES string of the molecule is CN(C)c1ccc(-n2cccc2/C=N\NC(=O)c2ccncc2)cc1. The van der Waals surface area contributed by atoms with Crippen LogP contribution < -0.4 is 10.3 Å². The summed E-state index contributed by atoms with van der Waals surface area (Å²) in [5.41, 5.74) is 6.07. The van der Waals surface area contributed by atoms with Crippen molar-refractivity contribution in [3.8, 4) is 5.69 Å². The standard InChI is InChI=1S/C19H19N5O/c1-23(2)16-5-7-17(8-6-16)24-13-3-4-18(24)14-21-22-19(25)15-9-11-20-12-10-15/h3-14H,1-2H3,(H,22,25)/b21-14-. The number of carbonyl (C=O) groups excluding carboxylic acids is 1. The molecule has 126 valence electrons. The highest BCUT2D eigenvalue weighted by molar-refractivity contribution is 5.94. The molecule has 6 nitrogen and oxygen atoms in total. The minimum absolute atomic E-state index is 0.271. The zero-order valence-corrected chi connectivity index (χ0v) is 14.1. The molecule has 0 radical (unpaired) electrons. The Kier molecular flexibility index (Phi) is 4.89. The van der Waals surface area contributed by atoms with Gasteiger partial charge in [-0.25, -0.2) is 5.43 Å². The van der Waals surface area contributed by atoms with Crippen LogP contribution in [-0.4, -0.2) is 35.8 Å². The van der Waals surface area contributed by atoms with E-state index in [1.54, 1.807) is 30.7 Å². The highest BCUT2D eigenvalue weighted by Crippen LogP contribution is 2.17. The van der Waals surface area contributed by atoms with Gasteiger partial charge in [-0.05, 0) is 48.5 Å². The first-order valence-corrected chi connectivity index (χ1v) is 7.84. The van der Waals surface area contributed by atoms with Crippen molar-refractivity contribution in [2.75, 3.05) is 19.0 Å². The van der Waals surface area contributed by atoms with Crippen molar-refractivity contribution < 1.29 is 4.79 Å². The summed E-state index contributed by atoms with van der Waals surface area (Å²) < 4.78 is 2.00. The van der Waals surface area contributed by atoms with E-state index in [1.165, 1.54) is 0 Å². The Morgan fingerprint density at radius 2 is 1.84 bits per heavy atom. The molecule has 0 bridgehead atoms. The fraction of sp³-hybridized carbons (Fsp3) is 0.105. The molecule has 0 atom stereocenters. The summed E-state index contributed by atoms with van der Waals surface area (Å²) in [6.45, 7) is 0. The molecule has 0 saturated heterocycles. The van der Waals surface area contributed by atoms with Crippen molar-refractivity contribution in [3.05, 3.63) is 78.4 Å². The lowest BCUT2D eigenvalue weighted by Crippen LogP contribution is -2.17. The smallest absolute Gasteiger partial charge is 0.271 e. The van der Waals surface area contributed by atoms with Crippen LogP contribution in [0.25, 0.3) is 5.69 Å². The molecule has 3 rings (SSSR count). The second kappa shape index (κ2) is 7.44. The molecular formula is C19H19N5O. The van der Waals surface area contributed by atoms with Crippen LogP contribution in [0.4, 0.5) is 5.69 Å². The number of amides is 1. The second-order valence-corrected chi connectivity index (χ2v) is 5.65. The van der Waals surface area contributed by atoms with E-state index in [9.17, 15) is 4.79 Å². The van der Waals surface area contributed by atoms with Gasteiger partial charge in [-0.2, -0.15) is 5.10 Å². The van der Waals surface area contributed by atoms with E-state index >= 15 is 0 Å². The third kappa shape index (κ3) is 3.92. The highest BCUT2D eigenvalue weighted by Gasteiger charge is 2.04. The number of hydrogen-bond donors (Lipinski definition) is 1. The van der Waals surface area contributed by atoms with Gasteiger partial charge in [0, 0.05) is 49.6 Å². The van der Waals surface area contributed by atoms with E-state index in [4.69, 9.17) is 0 Å². The summed E-state index contributed by atoms with van der Waals surface area (Å²) >= 11 is 0. The van der Waals surface area contributed by atoms with Crippen LogP contribution in [0.15, 0.2) is 72.2 Å². The van der Waals surface area contributed by atoms with Gasteiger partial charge in [0.15, 0.2) is 0 Å². The number of hydrogen-bond acceptors (Lipinski definition) is 4. The molecule has 25 heavy (non-hydrogen) atoms. The molecule has 0 aliphatic heterocycles. The molecule has 0 saturated carbocycles. The highest BCUT2D eigenvalue weighted by atomic mass is 16.2. The summed E-state index contributed by atoms with van der Waals surface area (Å²) in [5, 5.41) is 4.05.